The van der Waals surface area contributed by atoms with Gasteiger partial charge in [-0.25, -0.2) is 0 Å². The minimum atomic E-state index is -0.489. The van der Waals surface area contributed by atoms with Gasteiger partial charge in [0.05, 0.1) is 6.61 Å². The van der Waals surface area contributed by atoms with Gasteiger partial charge in [-0.05, 0) is 18.6 Å². The van der Waals surface area contributed by atoms with Crippen LogP contribution < -0.4 is 9.47 Å². The molecular formula is C13H14O4. The molecule has 1 saturated heterocycles. The van der Waals surface area contributed by atoms with Crippen LogP contribution >= 0.6 is 0 Å². The van der Waals surface area contributed by atoms with E-state index in [0.29, 0.717) is 31.3 Å². The van der Waals surface area contributed by atoms with Gasteiger partial charge in [-0.1, -0.05) is 12.1 Å². The molecule has 2 unspecified atom stereocenters. The van der Waals surface area contributed by atoms with Gasteiger partial charge in [0.15, 0.2) is 23.4 Å². The van der Waals surface area contributed by atoms with Crippen molar-refractivity contribution in [2.75, 3.05) is 19.8 Å². The monoisotopic (exact) mass is 234 g/mol. The third-order valence-corrected chi connectivity index (χ3v) is 3.16. The first-order chi connectivity index (χ1) is 8.34. The maximum absolute atomic E-state index is 12.1. The summed E-state index contributed by atoms with van der Waals surface area (Å²) < 4.78 is 16.4. The highest BCUT2D eigenvalue weighted by molar-refractivity contribution is 5.86. The topological polar surface area (TPSA) is 44.8 Å². The number of fused-ring (bicyclic) bond motifs is 1. The molecule has 0 aliphatic carbocycles. The molecule has 90 valence electrons. The van der Waals surface area contributed by atoms with E-state index in [1.165, 1.54) is 0 Å². The summed E-state index contributed by atoms with van der Waals surface area (Å²) in [5.74, 6) is 1.42. The van der Waals surface area contributed by atoms with Crippen LogP contribution in [-0.4, -0.2) is 31.7 Å². The molecule has 0 N–H and O–H groups in total. The normalized spacial score (nSPS) is 26.8. The number of benzene rings is 1. The van der Waals surface area contributed by atoms with E-state index in [4.69, 9.17) is 14.2 Å². The van der Waals surface area contributed by atoms with Crippen LogP contribution in [0.25, 0.3) is 0 Å². The van der Waals surface area contributed by atoms with Crippen molar-refractivity contribution in [1.82, 2.24) is 0 Å². The van der Waals surface area contributed by atoms with Gasteiger partial charge in [-0.15, -0.1) is 0 Å². The van der Waals surface area contributed by atoms with Crippen LogP contribution in [0.3, 0.4) is 0 Å². The summed E-state index contributed by atoms with van der Waals surface area (Å²) in [7, 11) is 0. The van der Waals surface area contributed by atoms with Crippen molar-refractivity contribution in [2.24, 2.45) is 5.92 Å². The SMILES string of the molecule is O=C(C1CCOC1)C1COc2ccccc2O1. The molecule has 1 aromatic carbocycles. The van der Waals surface area contributed by atoms with Gasteiger partial charge >= 0.3 is 0 Å². The summed E-state index contributed by atoms with van der Waals surface area (Å²) in [4.78, 5) is 12.1. The van der Waals surface area contributed by atoms with Crippen molar-refractivity contribution in [1.29, 1.82) is 0 Å². The van der Waals surface area contributed by atoms with Gasteiger partial charge in [0.2, 0.25) is 0 Å². The highest BCUT2D eigenvalue weighted by Crippen LogP contribution is 2.32. The van der Waals surface area contributed by atoms with E-state index in [0.717, 1.165) is 6.42 Å². The minimum absolute atomic E-state index is 0.0335. The Balaban J connectivity index is 1.73. The predicted molar refractivity (Wildman–Crippen MR) is 60.3 cm³/mol. The average Bonchev–Trinajstić information content (AvgIpc) is 2.91. The van der Waals surface area contributed by atoms with Gasteiger partial charge in [0, 0.05) is 12.5 Å². The van der Waals surface area contributed by atoms with Crippen molar-refractivity contribution in [3.05, 3.63) is 24.3 Å². The maximum Gasteiger partial charge on any atom is 0.191 e. The summed E-state index contributed by atoms with van der Waals surface area (Å²) in [5.41, 5.74) is 0. The van der Waals surface area contributed by atoms with Crippen LogP contribution in [0, 0.1) is 5.92 Å². The highest BCUT2D eigenvalue weighted by atomic mass is 16.6. The fourth-order valence-corrected chi connectivity index (χ4v) is 2.18. The predicted octanol–water partition coefficient (Wildman–Crippen LogP) is 1.43. The third kappa shape index (κ3) is 2.00. The van der Waals surface area contributed by atoms with Crippen molar-refractivity contribution >= 4 is 5.78 Å². The van der Waals surface area contributed by atoms with Crippen LogP contribution in [0.15, 0.2) is 24.3 Å². The highest BCUT2D eigenvalue weighted by Gasteiger charge is 2.34. The van der Waals surface area contributed by atoms with E-state index in [1.54, 1.807) is 0 Å². The molecule has 1 fully saturated rings. The number of hydrogen-bond donors (Lipinski definition) is 0. The molecule has 17 heavy (non-hydrogen) atoms. The number of ketones is 1. The third-order valence-electron chi connectivity index (χ3n) is 3.16. The van der Waals surface area contributed by atoms with Crippen molar-refractivity contribution < 1.29 is 19.0 Å². The lowest BCUT2D eigenvalue weighted by atomic mass is 9.99. The zero-order valence-corrected chi connectivity index (χ0v) is 9.43. The summed E-state index contributed by atoms with van der Waals surface area (Å²) in [6.07, 6.45) is 0.303. The van der Waals surface area contributed by atoms with E-state index in [9.17, 15) is 4.79 Å². The first kappa shape index (κ1) is 10.6. The molecule has 2 heterocycles. The molecule has 0 radical (unpaired) electrons. The zero-order valence-electron chi connectivity index (χ0n) is 9.43. The molecular weight excluding hydrogens is 220 g/mol. The number of hydrogen-bond acceptors (Lipinski definition) is 4. The molecule has 2 atom stereocenters. The smallest absolute Gasteiger partial charge is 0.191 e. The Kier molecular flexibility index (Phi) is 2.73. The fourth-order valence-electron chi connectivity index (χ4n) is 2.18. The summed E-state index contributed by atoms with van der Waals surface area (Å²) >= 11 is 0. The van der Waals surface area contributed by atoms with E-state index in [2.05, 4.69) is 0 Å². The molecule has 0 aromatic heterocycles. The Hall–Kier alpha value is -1.55. The lowest BCUT2D eigenvalue weighted by Crippen LogP contribution is -2.40. The summed E-state index contributed by atoms with van der Waals surface area (Å²) in [5, 5.41) is 0. The minimum Gasteiger partial charge on any atom is -0.485 e. The second-order valence-electron chi connectivity index (χ2n) is 4.33. The van der Waals surface area contributed by atoms with Crippen LogP contribution in [0.4, 0.5) is 0 Å². The second kappa shape index (κ2) is 4.37. The van der Waals surface area contributed by atoms with Gasteiger partial charge < -0.3 is 14.2 Å². The molecule has 0 saturated carbocycles. The standard InChI is InChI=1S/C13H14O4/c14-13(9-5-6-15-7-9)12-8-16-10-3-1-2-4-11(10)17-12/h1-4,9,12H,5-8H2. The molecule has 1 aromatic rings. The largest absolute Gasteiger partial charge is 0.485 e. The number of Topliss-reactive ketones (excluding diaryl/α,β-unsaturated/α-hetero) is 1. The Morgan fingerprint density at radius 3 is 2.76 bits per heavy atom. The number of carbonyl (C=O) groups is 1. The summed E-state index contributed by atoms with van der Waals surface area (Å²) in [6, 6.07) is 7.41. The zero-order chi connectivity index (χ0) is 11.7. The fraction of sp³-hybridized carbons (Fsp3) is 0.462. The Bertz CT molecular complexity index is 423. The van der Waals surface area contributed by atoms with Crippen molar-refractivity contribution in [3.63, 3.8) is 0 Å². The number of carbonyl (C=O) groups excluding carboxylic acids is 1. The Morgan fingerprint density at radius 2 is 2.00 bits per heavy atom. The molecule has 4 heteroatoms. The molecule has 0 amide bonds. The molecule has 3 rings (SSSR count). The number of rotatable bonds is 2. The quantitative estimate of drug-likeness (QED) is 0.776. The lowest BCUT2D eigenvalue weighted by Gasteiger charge is -2.26. The van der Waals surface area contributed by atoms with Gasteiger partial charge in [0.1, 0.15) is 6.61 Å². The lowest BCUT2D eigenvalue weighted by molar-refractivity contribution is -0.132. The van der Waals surface area contributed by atoms with Crippen LogP contribution in [0.1, 0.15) is 6.42 Å². The van der Waals surface area contributed by atoms with Crippen LogP contribution in [-0.2, 0) is 9.53 Å². The molecule has 0 spiro atoms. The van der Waals surface area contributed by atoms with Gasteiger partial charge in [-0.2, -0.15) is 0 Å². The van der Waals surface area contributed by atoms with Crippen LogP contribution in [0.5, 0.6) is 11.5 Å². The van der Waals surface area contributed by atoms with E-state index >= 15 is 0 Å². The molecule has 0 bridgehead atoms. The van der Waals surface area contributed by atoms with Crippen molar-refractivity contribution in [2.45, 2.75) is 12.5 Å². The maximum atomic E-state index is 12.1. The number of ether oxygens (including phenoxy) is 3. The molecule has 4 nitrogen and oxygen atoms in total. The van der Waals surface area contributed by atoms with Gasteiger partial charge in [0.25, 0.3) is 0 Å². The first-order valence-corrected chi connectivity index (χ1v) is 5.84. The first-order valence-electron chi connectivity index (χ1n) is 5.84. The second-order valence-corrected chi connectivity index (χ2v) is 4.33. The van der Waals surface area contributed by atoms with E-state index in [-0.39, 0.29) is 11.7 Å². The van der Waals surface area contributed by atoms with Gasteiger partial charge in [-0.3, -0.25) is 4.79 Å². The molecule has 2 aliphatic rings. The average molecular weight is 234 g/mol. The Morgan fingerprint density at radius 1 is 1.18 bits per heavy atom. The van der Waals surface area contributed by atoms with Crippen molar-refractivity contribution in [3.8, 4) is 11.5 Å². The van der Waals surface area contributed by atoms with E-state index in [1.807, 2.05) is 24.3 Å². The number of para-hydroxylation sites is 2. The molecule has 2 aliphatic heterocycles. The van der Waals surface area contributed by atoms with Crippen LogP contribution in [0.2, 0.25) is 0 Å². The Labute approximate surface area is 99.5 Å². The summed E-state index contributed by atoms with van der Waals surface area (Å²) in [6.45, 7) is 1.48. The van der Waals surface area contributed by atoms with E-state index < -0.39 is 6.10 Å².